The molecule has 21 heavy (non-hydrogen) atoms. The first-order chi connectivity index (χ1) is 10.1. The van der Waals surface area contributed by atoms with E-state index in [0.29, 0.717) is 19.0 Å². The smallest absolute Gasteiger partial charge is 0.234 e. The summed E-state index contributed by atoms with van der Waals surface area (Å²) in [6.45, 7) is 6.17. The van der Waals surface area contributed by atoms with Crippen LogP contribution in [0.15, 0.2) is 24.3 Å². The number of hydrogen-bond acceptors (Lipinski definition) is 3. The zero-order valence-corrected chi connectivity index (χ0v) is 13.0. The number of likely N-dealkylation sites (tertiary alicyclic amines) is 1. The molecule has 116 valence electrons. The van der Waals surface area contributed by atoms with E-state index in [-0.39, 0.29) is 18.6 Å². The van der Waals surface area contributed by atoms with Crippen molar-refractivity contribution >= 4 is 5.91 Å². The van der Waals surface area contributed by atoms with Crippen molar-refractivity contribution in [1.82, 2.24) is 10.2 Å². The van der Waals surface area contributed by atoms with Crippen LogP contribution in [0, 0.1) is 12.8 Å². The molecule has 0 aliphatic carbocycles. The highest BCUT2D eigenvalue weighted by Gasteiger charge is 2.28. The number of hydrogen-bond donors (Lipinski definition) is 2. The molecule has 2 N–H and O–H groups in total. The summed E-state index contributed by atoms with van der Waals surface area (Å²) >= 11 is 0. The topological polar surface area (TPSA) is 52.6 Å². The van der Waals surface area contributed by atoms with Crippen LogP contribution in [0.2, 0.25) is 0 Å². The van der Waals surface area contributed by atoms with Gasteiger partial charge in [0.2, 0.25) is 5.91 Å². The van der Waals surface area contributed by atoms with E-state index in [1.54, 1.807) is 0 Å². The van der Waals surface area contributed by atoms with Crippen LogP contribution in [-0.4, -0.2) is 41.7 Å². The van der Waals surface area contributed by atoms with Gasteiger partial charge in [-0.2, -0.15) is 0 Å². The molecule has 1 amide bonds. The highest BCUT2D eigenvalue weighted by molar-refractivity contribution is 5.78. The standard InChI is InChI=1S/C17H26N2O2/c1-13-6-3-4-8-15(13)10-18-17(21)11-19-9-5-7-14(2)16(19)12-20/h3-4,6,8,14,16,20H,5,7,9-12H2,1-2H3,(H,18,21). The van der Waals surface area contributed by atoms with Crippen molar-refractivity contribution < 1.29 is 9.90 Å². The van der Waals surface area contributed by atoms with E-state index in [1.165, 1.54) is 5.56 Å². The minimum atomic E-state index is 0.0332. The predicted octanol–water partition coefficient (Wildman–Crippen LogP) is 1.70. The first-order valence-corrected chi connectivity index (χ1v) is 7.78. The lowest BCUT2D eigenvalue weighted by Gasteiger charge is -2.38. The minimum absolute atomic E-state index is 0.0332. The maximum Gasteiger partial charge on any atom is 0.234 e. The van der Waals surface area contributed by atoms with Crippen molar-refractivity contribution in [2.24, 2.45) is 5.92 Å². The molecule has 1 aromatic rings. The quantitative estimate of drug-likeness (QED) is 0.868. The molecule has 0 aromatic heterocycles. The van der Waals surface area contributed by atoms with Gasteiger partial charge in [0.25, 0.3) is 0 Å². The second-order valence-corrected chi connectivity index (χ2v) is 6.04. The van der Waals surface area contributed by atoms with Crippen molar-refractivity contribution in [2.45, 2.75) is 39.3 Å². The normalized spacial score (nSPS) is 23.0. The maximum absolute atomic E-state index is 12.1. The summed E-state index contributed by atoms with van der Waals surface area (Å²) in [5.74, 6) is 0.485. The summed E-state index contributed by atoms with van der Waals surface area (Å²) in [6.07, 6.45) is 2.23. The Balaban J connectivity index is 1.85. The minimum Gasteiger partial charge on any atom is -0.395 e. The number of carbonyl (C=O) groups excluding carboxylic acids is 1. The van der Waals surface area contributed by atoms with Gasteiger partial charge in [-0.05, 0) is 43.4 Å². The number of aliphatic hydroxyl groups is 1. The first-order valence-electron chi connectivity index (χ1n) is 7.78. The molecule has 1 aliphatic rings. The Morgan fingerprint density at radius 1 is 1.43 bits per heavy atom. The number of aliphatic hydroxyl groups excluding tert-OH is 1. The van der Waals surface area contributed by atoms with Crippen LogP contribution in [0.25, 0.3) is 0 Å². The third-order valence-electron chi connectivity index (χ3n) is 4.50. The molecule has 1 aromatic carbocycles. The van der Waals surface area contributed by atoms with Crippen molar-refractivity contribution in [3.63, 3.8) is 0 Å². The van der Waals surface area contributed by atoms with Crippen LogP contribution in [-0.2, 0) is 11.3 Å². The number of carbonyl (C=O) groups is 1. The number of benzene rings is 1. The van der Waals surface area contributed by atoms with E-state index >= 15 is 0 Å². The molecular formula is C17H26N2O2. The molecule has 0 saturated carbocycles. The van der Waals surface area contributed by atoms with Gasteiger partial charge in [0.05, 0.1) is 13.2 Å². The lowest BCUT2D eigenvalue weighted by atomic mass is 9.91. The third kappa shape index (κ3) is 4.29. The fourth-order valence-corrected chi connectivity index (χ4v) is 3.07. The summed E-state index contributed by atoms with van der Waals surface area (Å²) in [5.41, 5.74) is 2.34. The van der Waals surface area contributed by atoms with Crippen molar-refractivity contribution in [1.29, 1.82) is 0 Å². The van der Waals surface area contributed by atoms with E-state index in [0.717, 1.165) is 24.9 Å². The van der Waals surface area contributed by atoms with E-state index < -0.39 is 0 Å². The number of nitrogens with zero attached hydrogens (tertiary/aromatic N) is 1. The van der Waals surface area contributed by atoms with E-state index in [4.69, 9.17) is 0 Å². The molecule has 0 bridgehead atoms. The number of aryl methyl sites for hydroxylation is 1. The van der Waals surface area contributed by atoms with Crippen LogP contribution in [0.1, 0.15) is 30.9 Å². The molecule has 1 aliphatic heterocycles. The third-order valence-corrected chi connectivity index (χ3v) is 4.50. The monoisotopic (exact) mass is 290 g/mol. The molecule has 1 saturated heterocycles. The summed E-state index contributed by atoms with van der Waals surface area (Å²) in [7, 11) is 0. The Morgan fingerprint density at radius 2 is 2.19 bits per heavy atom. The van der Waals surface area contributed by atoms with Crippen molar-refractivity contribution in [3.05, 3.63) is 35.4 Å². The zero-order valence-electron chi connectivity index (χ0n) is 13.0. The highest BCUT2D eigenvalue weighted by Crippen LogP contribution is 2.22. The average Bonchev–Trinajstić information content (AvgIpc) is 2.47. The van der Waals surface area contributed by atoms with Crippen LogP contribution in [0.3, 0.4) is 0 Å². The van der Waals surface area contributed by atoms with Gasteiger partial charge in [-0.15, -0.1) is 0 Å². The summed E-state index contributed by atoms with van der Waals surface area (Å²) in [5, 5.41) is 12.5. The molecule has 4 nitrogen and oxygen atoms in total. The molecule has 0 spiro atoms. The second kappa shape index (κ2) is 7.57. The van der Waals surface area contributed by atoms with Gasteiger partial charge in [-0.3, -0.25) is 9.69 Å². The molecule has 2 atom stereocenters. The Labute approximate surface area is 127 Å². The second-order valence-electron chi connectivity index (χ2n) is 6.04. The fourth-order valence-electron chi connectivity index (χ4n) is 3.07. The Kier molecular flexibility index (Phi) is 5.76. The van der Waals surface area contributed by atoms with Gasteiger partial charge < -0.3 is 10.4 Å². The SMILES string of the molecule is Cc1ccccc1CNC(=O)CN1CCCC(C)C1CO. The molecule has 1 fully saturated rings. The predicted molar refractivity (Wildman–Crippen MR) is 83.9 cm³/mol. The lowest BCUT2D eigenvalue weighted by Crippen LogP contribution is -2.50. The molecule has 1 heterocycles. The van der Waals surface area contributed by atoms with Gasteiger partial charge in [0.15, 0.2) is 0 Å². The lowest BCUT2D eigenvalue weighted by molar-refractivity contribution is -0.124. The van der Waals surface area contributed by atoms with Gasteiger partial charge in [0, 0.05) is 12.6 Å². The van der Waals surface area contributed by atoms with E-state index in [1.807, 2.05) is 18.2 Å². The highest BCUT2D eigenvalue weighted by atomic mass is 16.3. The van der Waals surface area contributed by atoms with E-state index in [2.05, 4.69) is 30.1 Å². The number of piperidine rings is 1. The maximum atomic E-state index is 12.1. The van der Waals surface area contributed by atoms with Crippen molar-refractivity contribution in [3.8, 4) is 0 Å². The molecule has 0 radical (unpaired) electrons. The largest absolute Gasteiger partial charge is 0.395 e. The van der Waals surface area contributed by atoms with Crippen LogP contribution in [0.5, 0.6) is 0 Å². The summed E-state index contributed by atoms with van der Waals surface area (Å²) in [6, 6.07) is 8.19. The zero-order chi connectivity index (χ0) is 15.2. The molecular weight excluding hydrogens is 264 g/mol. The Bertz CT molecular complexity index is 476. The summed E-state index contributed by atoms with van der Waals surface area (Å²) in [4.78, 5) is 14.2. The number of amides is 1. The van der Waals surface area contributed by atoms with Crippen LogP contribution >= 0.6 is 0 Å². The van der Waals surface area contributed by atoms with E-state index in [9.17, 15) is 9.90 Å². The molecule has 2 unspecified atom stereocenters. The van der Waals surface area contributed by atoms with Crippen molar-refractivity contribution in [2.75, 3.05) is 19.7 Å². The summed E-state index contributed by atoms with van der Waals surface area (Å²) < 4.78 is 0. The average molecular weight is 290 g/mol. The van der Waals surface area contributed by atoms with Crippen LogP contribution in [0.4, 0.5) is 0 Å². The number of rotatable bonds is 5. The van der Waals surface area contributed by atoms with Crippen LogP contribution < -0.4 is 5.32 Å². The number of nitrogens with one attached hydrogen (secondary N) is 1. The first kappa shape index (κ1) is 16.0. The Hall–Kier alpha value is -1.39. The van der Waals surface area contributed by atoms with Gasteiger partial charge in [-0.1, -0.05) is 31.2 Å². The Morgan fingerprint density at radius 3 is 2.90 bits per heavy atom. The van der Waals surface area contributed by atoms with Gasteiger partial charge in [-0.25, -0.2) is 0 Å². The molecule has 2 rings (SSSR count). The fraction of sp³-hybridized carbons (Fsp3) is 0.588. The van der Waals surface area contributed by atoms with Gasteiger partial charge >= 0.3 is 0 Å². The van der Waals surface area contributed by atoms with Gasteiger partial charge in [0.1, 0.15) is 0 Å². The molecule has 4 heteroatoms.